The van der Waals surface area contributed by atoms with E-state index in [-0.39, 0.29) is 11.8 Å². The number of hydrogen-bond donors (Lipinski definition) is 1. The summed E-state index contributed by atoms with van der Waals surface area (Å²) in [6, 6.07) is 8.01. The summed E-state index contributed by atoms with van der Waals surface area (Å²) in [5, 5.41) is 4.36. The molecule has 2 heterocycles. The average Bonchev–Trinajstić information content (AvgIpc) is 3.13. The summed E-state index contributed by atoms with van der Waals surface area (Å²) in [7, 11) is 0. The summed E-state index contributed by atoms with van der Waals surface area (Å²) in [4.78, 5) is 28.2. The molecular formula is C18H23N3O2. The van der Waals surface area contributed by atoms with E-state index >= 15 is 0 Å². The van der Waals surface area contributed by atoms with Crippen molar-refractivity contribution in [1.82, 2.24) is 15.0 Å². The maximum Gasteiger partial charge on any atom is 0.245 e. The fraction of sp³-hybridized carbons (Fsp3) is 0.444. The average molecular weight is 313 g/mol. The number of carbonyl (C=O) groups is 2. The molecule has 1 aliphatic rings. The van der Waals surface area contributed by atoms with Crippen molar-refractivity contribution in [2.24, 2.45) is 0 Å². The van der Waals surface area contributed by atoms with E-state index in [9.17, 15) is 9.59 Å². The van der Waals surface area contributed by atoms with E-state index in [0.29, 0.717) is 25.9 Å². The first-order valence-electron chi connectivity index (χ1n) is 8.28. The van der Waals surface area contributed by atoms with E-state index in [1.54, 1.807) is 10.0 Å². The van der Waals surface area contributed by atoms with Gasteiger partial charge in [-0.3, -0.25) is 19.6 Å². The molecule has 0 aliphatic carbocycles. The first-order valence-corrected chi connectivity index (χ1v) is 8.28. The molecule has 122 valence electrons. The molecule has 5 heteroatoms. The van der Waals surface area contributed by atoms with E-state index in [1.165, 1.54) is 0 Å². The number of H-pyrrole nitrogens is 1. The van der Waals surface area contributed by atoms with Crippen LogP contribution in [0.1, 0.15) is 37.4 Å². The molecule has 0 radical (unpaired) electrons. The lowest BCUT2D eigenvalue weighted by atomic mass is 10.1. The van der Waals surface area contributed by atoms with Gasteiger partial charge in [0.15, 0.2) is 0 Å². The lowest BCUT2D eigenvalue weighted by Crippen LogP contribution is -2.45. The SMILES string of the molecule is CCCC(=O)N1CCCN1C(=O)Cc1c(C)[nH]c2ccccc12. The first kappa shape index (κ1) is 15.6. The van der Waals surface area contributed by atoms with Crippen LogP contribution in [0.5, 0.6) is 0 Å². The monoisotopic (exact) mass is 313 g/mol. The predicted molar refractivity (Wildman–Crippen MR) is 89.7 cm³/mol. The first-order chi connectivity index (χ1) is 11.1. The van der Waals surface area contributed by atoms with Crippen LogP contribution in [0.3, 0.4) is 0 Å². The molecule has 0 unspecified atom stereocenters. The fourth-order valence-electron chi connectivity index (χ4n) is 3.28. The van der Waals surface area contributed by atoms with Gasteiger partial charge in [0.25, 0.3) is 0 Å². The number of nitrogens with zero attached hydrogens (tertiary/aromatic N) is 2. The number of rotatable bonds is 4. The normalized spacial score (nSPS) is 14.7. The molecule has 2 amide bonds. The number of carbonyl (C=O) groups excluding carboxylic acids is 2. The Labute approximate surface area is 136 Å². The molecule has 0 spiro atoms. The highest BCUT2D eigenvalue weighted by Gasteiger charge is 2.30. The highest BCUT2D eigenvalue weighted by molar-refractivity contribution is 5.91. The summed E-state index contributed by atoms with van der Waals surface area (Å²) in [6.45, 7) is 5.26. The van der Waals surface area contributed by atoms with Gasteiger partial charge < -0.3 is 4.98 Å². The van der Waals surface area contributed by atoms with Gasteiger partial charge in [0.2, 0.25) is 11.8 Å². The van der Waals surface area contributed by atoms with Crippen LogP contribution in [0.2, 0.25) is 0 Å². The topological polar surface area (TPSA) is 56.4 Å². The number of aromatic nitrogens is 1. The molecule has 23 heavy (non-hydrogen) atoms. The zero-order chi connectivity index (χ0) is 16.4. The zero-order valence-electron chi connectivity index (χ0n) is 13.8. The fourth-order valence-corrected chi connectivity index (χ4v) is 3.28. The third-order valence-corrected chi connectivity index (χ3v) is 4.43. The number of hydrazine groups is 1. The van der Waals surface area contributed by atoms with E-state index in [4.69, 9.17) is 0 Å². The van der Waals surface area contributed by atoms with Crippen molar-refractivity contribution in [2.45, 2.75) is 39.5 Å². The number of amides is 2. The van der Waals surface area contributed by atoms with Crippen LogP contribution in [0.15, 0.2) is 24.3 Å². The highest BCUT2D eigenvalue weighted by Crippen LogP contribution is 2.24. The maximum atomic E-state index is 12.7. The standard InChI is InChI=1S/C18H23N3O2/c1-3-7-17(22)20-10-6-11-21(20)18(23)12-15-13(2)19-16-9-5-4-8-14(15)16/h4-5,8-9,19H,3,6-7,10-12H2,1-2H3. The molecular weight excluding hydrogens is 290 g/mol. The summed E-state index contributed by atoms with van der Waals surface area (Å²) >= 11 is 0. The second-order valence-corrected chi connectivity index (χ2v) is 6.09. The van der Waals surface area contributed by atoms with Crippen LogP contribution in [-0.2, 0) is 16.0 Å². The van der Waals surface area contributed by atoms with E-state index in [2.05, 4.69) is 4.98 Å². The number of aryl methyl sites for hydroxylation is 1. The molecule has 0 saturated carbocycles. The van der Waals surface area contributed by atoms with Gasteiger partial charge in [-0.05, 0) is 31.4 Å². The van der Waals surface area contributed by atoms with Crippen LogP contribution in [0, 0.1) is 6.92 Å². The molecule has 0 atom stereocenters. The Morgan fingerprint density at radius 3 is 2.57 bits per heavy atom. The Morgan fingerprint density at radius 1 is 1.13 bits per heavy atom. The van der Waals surface area contributed by atoms with Crippen molar-refractivity contribution >= 4 is 22.7 Å². The largest absolute Gasteiger partial charge is 0.358 e. The van der Waals surface area contributed by atoms with Crippen LogP contribution in [-0.4, -0.2) is 39.9 Å². The molecule has 2 aromatic rings. The van der Waals surface area contributed by atoms with Gasteiger partial charge in [-0.2, -0.15) is 0 Å². The third kappa shape index (κ3) is 2.96. The molecule has 1 aromatic carbocycles. The molecule has 1 N–H and O–H groups in total. The molecule has 0 bridgehead atoms. The van der Waals surface area contributed by atoms with Crippen molar-refractivity contribution in [3.8, 4) is 0 Å². The number of benzene rings is 1. The number of hydrogen-bond acceptors (Lipinski definition) is 2. The maximum absolute atomic E-state index is 12.7. The van der Waals surface area contributed by atoms with Gasteiger partial charge in [-0.1, -0.05) is 25.1 Å². The summed E-state index contributed by atoms with van der Waals surface area (Å²) < 4.78 is 0. The minimum absolute atomic E-state index is 0.000180. The minimum Gasteiger partial charge on any atom is -0.358 e. The Balaban J connectivity index is 1.80. The minimum atomic E-state index is -0.000180. The van der Waals surface area contributed by atoms with Crippen molar-refractivity contribution in [2.75, 3.05) is 13.1 Å². The molecule has 3 rings (SSSR count). The van der Waals surface area contributed by atoms with Gasteiger partial charge in [-0.25, -0.2) is 0 Å². The smallest absolute Gasteiger partial charge is 0.245 e. The van der Waals surface area contributed by atoms with E-state index < -0.39 is 0 Å². The Hall–Kier alpha value is -2.30. The Morgan fingerprint density at radius 2 is 1.83 bits per heavy atom. The summed E-state index contributed by atoms with van der Waals surface area (Å²) in [6.07, 6.45) is 2.48. The van der Waals surface area contributed by atoms with Gasteiger partial charge in [0.1, 0.15) is 0 Å². The van der Waals surface area contributed by atoms with Crippen molar-refractivity contribution < 1.29 is 9.59 Å². The number of nitrogens with one attached hydrogen (secondary N) is 1. The van der Waals surface area contributed by atoms with Crippen molar-refractivity contribution in [3.63, 3.8) is 0 Å². The van der Waals surface area contributed by atoms with Gasteiger partial charge >= 0.3 is 0 Å². The molecule has 5 nitrogen and oxygen atoms in total. The second kappa shape index (κ2) is 6.44. The van der Waals surface area contributed by atoms with Crippen molar-refractivity contribution in [3.05, 3.63) is 35.5 Å². The predicted octanol–water partition coefficient (Wildman–Crippen LogP) is 2.79. The number of para-hydroxylation sites is 1. The quantitative estimate of drug-likeness (QED) is 0.943. The van der Waals surface area contributed by atoms with Gasteiger partial charge in [0.05, 0.1) is 6.42 Å². The van der Waals surface area contributed by atoms with Crippen LogP contribution >= 0.6 is 0 Å². The summed E-state index contributed by atoms with van der Waals surface area (Å²) in [5.74, 6) is 0.0498. The second-order valence-electron chi connectivity index (χ2n) is 6.09. The van der Waals surface area contributed by atoms with Crippen molar-refractivity contribution in [1.29, 1.82) is 0 Å². The third-order valence-electron chi connectivity index (χ3n) is 4.43. The van der Waals surface area contributed by atoms with Gasteiger partial charge in [0, 0.05) is 36.1 Å². The van der Waals surface area contributed by atoms with E-state index in [0.717, 1.165) is 35.0 Å². The lowest BCUT2D eigenvalue weighted by molar-refractivity contribution is -0.157. The van der Waals surface area contributed by atoms with Gasteiger partial charge in [-0.15, -0.1) is 0 Å². The number of fused-ring (bicyclic) bond motifs is 1. The van der Waals surface area contributed by atoms with Crippen LogP contribution < -0.4 is 0 Å². The Bertz CT molecular complexity index is 735. The van der Waals surface area contributed by atoms with Crippen LogP contribution in [0.25, 0.3) is 10.9 Å². The highest BCUT2D eigenvalue weighted by atomic mass is 16.2. The summed E-state index contributed by atoms with van der Waals surface area (Å²) in [5.41, 5.74) is 3.10. The Kier molecular flexibility index (Phi) is 4.37. The number of aromatic amines is 1. The molecule has 1 saturated heterocycles. The zero-order valence-corrected chi connectivity index (χ0v) is 13.8. The molecule has 1 fully saturated rings. The molecule has 1 aromatic heterocycles. The van der Waals surface area contributed by atoms with Crippen LogP contribution in [0.4, 0.5) is 0 Å². The molecule has 1 aliphatic heterocycles. The van der Waals surface area contributed by atoms with E-state index in [1.807, 2.05) is 38.1 Å². The lowest BCUT2D eigenvalue weighted by Gasteiger charge is -2.28.